The average molecular weight is 811 g/mol. The van der Waals surface area contributed by atoms with Crippen molar-refractivity contribution in [3.63, 3.8) is 0 Å². The van der Waals surface area contributed by atoms with Crippen molar-refractivity contribution in [2.45, 2.75) is 86.8 Å². The van der Waals surface area contributed by atoms with Crippen molar-refractivity contribution >= 4 is 52.4 Å². The predicted molar refractivity (Wildman–Crippen MR) is 187 cm³/mol. The van der Waals surface area contributed by atoms with Crippen molar-refractivity contribution in [3.05, 3.63) is 96.9 Å². The van der Waals surface area contributed by atoms with E-state index < -0.39 is 0 Å². The van der Waals surface area contributed by atoms with Gasteiger partial charge in [0.1, 0.15) is 5.76 Å². The van der Waals surface area contributed by atoms with Crippen LogP contribution in [0.3, 0.4) is 0 Å². The number of benzene rings is 3. The number of carbonyl (C=O) groups excluding carboxylic acids is 1. The monoisotopic (exact) mass is 811 g/mol. The summed E-state index contributed by atoms with van der Waals surface area (Å²) in [5.41, 5.74) is 5.73. The minimum absolute atomic E-state index is 0. The molecule has 0 amide bonds. The third-order valence-electron chi connectivity index (χ3n) is 9.79. The molecule has 1 aromatic heterocycles. The van der Waals surface area contributed by atoms with Gasteiger partial charge >= 0.3 is 0 Å². The van der Waals surface area contributed by atoms with E-state index in [0.717, 1.165) is 36.9 Å². The van der Waals surface area contributed by atoms with Crippen molar-refractivity contribution in [1.82, 2.24) is 4.98 Å². The van der Waals surface area contributed by atoms with Crippen LogP contribution in [0.15, 0.2) is 110 Å². The molecular formula is C38H41BIrNO2S2-. The van der Waals surface area contributed by atoms with Crippen molar-refractivity contribution in [2.75, 3.05) is 0 Å². The maximum absolute atomic E-state index is 12.2. The fraction of sp³-hybridized carbons (Fsp3) is 0.316. The van der Waals surface area contributed by atoms with Gasteiger partial charge in [0.2, 0.25) is 6.71 Å². The summed E-state index contributed by atoms with van der Waals surface area (Å²) in [5, 5.41) is 10.1. The zero-order valence-corrected chi connectivity index (χ0v) is 31.0. The van der Waals surface area contributed by atoms with E-state index in [0.29, 0.717) is 0 Å². The van der Waals surface area contributed by atoms with Crippen molar-refractivity contribution in [3.8, 4) is 11.3 Å². The third kappa shape index (κ3) is 6.93. The summed E-state index contributed by atoms with van der Waals surface area (Å²) in [6.07, 6.45) is 6.61. The average Bonchev–Trinajstić information content (AvgIpc) is 3.08. The SMILES string of the molecule is CCC(C)(CC)C(=O)/C=C(\O)C(C)(CC)CC.[Ir].[c-]1cc2c3c(c1-c1ccccn1)Sc1ccccc1B3c1ccccc1S2. The molecule has 0 unspecified atom stereocenters. The molecule has 45 heavy (non-hydrogen) atoms. The molecule has 1 N–H and O–H groups in total. The van der Waals surface area contributed by atoms with Crippen LogP contribution < -0.4 is 16.4 Å². The first-order valence-corrected chi connectivity index (χ1v) is 17.3. The molecule has 7 heteroatoms. The van der Waals surface area contributed by atoms with E-state index in [1.54, 1.807) is 0 Å². The van der Waals surface area contributed by atoms with Gasteiger partial charge in [-0.15, -0.1) is 46.7 Å². The summed E-state index contributed by atoms with van der Waals surface area (Å²) in [6, 6.07) is 29.4. The zero-order valence-electron chi connectivity index (χ0n) is 26.9. The smallest absolute Gasteiger partial charge is 0.227 e. The Hall–Kier alpha value is -2.57. The first-order valence-electron chi connectivity index (χ1n) is 15.7. The number of fused-ring (bicyclic) bond motifs is 4. The summed E-state index contributed by atoms with van der Waals surface area (Å²) in [5.74, 6) is 0.286. The number of aromatic nitrogens is 1. The number of aliphatic hydroxyl groups excluding tert-OH is 1. The summed E-state index contributed by atoms with van der Waals surface area (Å²) < 4.78 is 0. The van der Waals surface area contributed by atoms with Gasteiger partial charge in [0.15, 0.2) is 5.78 Å². The summed E-state index contributed by atoms with van der Waals surface area (Å²) in [4.78, 5) is 22.1. The Morgan fingerprint density at radius 2 is 1.38 bits per heavy atom. The van der Waals surface area contributed by atoms with E-state index in [-0.39, 0.29) is 49.2 Å². The van der Waals surface area contributed by atoms with Crippen LogP contribution in [0.5, 0.6) is 0 Å². The number of hydrogen-bond donors (Lipinski definition) is 1. The molecular weight excluding hydrogens is 770 g/mol. The van der Waals surface area contributed by atoms with E-state index in [4.69, 9.17) is 0 Å². The van der Waals surface area contributed by atoms with E-state index in [9.17, 15) is 9.90 Å². The molecule has 2 aliphatic rings. The molecule has 3 nitrogen and oxygen atoms in total. The van der Waals surface area contributed by atoms with E-state index in [2.05, 4.69) is 71.7 Å². The molecule has 3 heterocycles. The molecule has 0 spiro atoms. The van der Waals surface area contributed by atoms with Crippen molar-refractivity contribution in [1.29, 1.82) is 0 Å². The zero-order chi connectivity index (χ0) is 31.5. The number of nitrogens with zero attached hydrogens (tertiary/aromatic N) is 1. The van der Waals surface area contributed by atoms with Gasteiger partial charge < -0.3 is 10.1 Å². The molecule has 6 rings (SSSR count). The molecule has 1 radical (unpaired) electrons. The Labute approximate surface area is 291 Å². The molecule has 0 atom stereocenters. The number of ketones is 1. The summed E-state index contributed by atoms with van der Waals surface area (Å²) in [7, 11) is 0. The summed E-state index contributed by atoms with van der Waals surface area (Å²) >= 11 is 3.72. The van der Waals surface area contributed by atoms with Crippen LogP contribution in [0.2, 0.25) is 0 Å². The van der Waals surface area contributed by atoms with Crippen LogP contribution in [0.4, 0.5) is 0 Å². The van der Waals surface area contributed by atoms with Crippen LogP contribution in [-0.2, 0) is 24.9 Å². The normalized spacial score (nSPS) is 13.4. The molecule has 0 bridgehead atoms. The van der Waals surface area contributed by atoms with Gasteiger partial charge in [0, 0.05) is 43.2 Å². The molecule has 0 fully saturated rings. The van der Waals surface area contributed by atoms with Crippen LogP contribution in [0.25, 0.3) is 11.3 Å². The summed E-state index contributed by atoms with van der Waals surface area (Å²) in [6.45, 7) is 12.4. The first-order chi connectivity index (χ1) is 21.2. The predicted octanol–water partition coefficient (Wildman–Crippen LogP) is 8.64. The number of rotatable bonds is 8. The van der Waals surface area contributed by atoms with Gasteiger partial charge in [0.05, 0.1) is 0 Å². The number of carbonyl (C=O) groups is 1. The van der Waals surface area contributed by atoms with E-state index >= 15 is 0 Å². The van der Waals surface area contributed by atoms with Gasteiger partial charge in [-0.25, -0.2) is 0 Å². The Kier molecular flexibility index (Phi) is 11.7. The van der Waals surface area contributed by atoms with Crippen LogP contribution in [0, 0.1) is 16.9 Å². The number of pyridine rings is 1. The Morgan fingerprint density at radius 3 is 1.93 bits per heavy atom. The van der Waals surface area contributed by atoms with Gasteiger partial charge in [-0.1, -0.05) is 111 Å². The van der Waals surface area contributed by atoms with Crippen LogP contribution in [-0.4, -0.2) is 22.6 Å². The van der Waals surface area contributed by atoms with Crippen molar-refractivity contribution in [2.24, 2.45) is 10.8 Å². The van der Waals surface area contributed by atoms with Crippen LogP contribution in [0.1, 0.15) is 67.2 Å². The fourth-order valence-corrected chi connectivity index (χ4v) is 8.18. The van der Waals surface area contributed by atoms with Crippen molar-refractivity contribution < 1.29 is 30.0 Å². The molecule has 0 saturated carbocycles. The maximum atomic E-state index is 12.2. The maximum Gasteiger partial charge on any atom is 0.227 e. The Balaban J connectivity index is 0.000000226. The Morgan fingerprint density at radius 1 is 0.822 bits per heavy atom. The largest absolute Gasteiger partial charge is 0.512 e. The molecule has 0 saturated heterocycles. The van der Waals surface area contributed by atoms with Gasteiger partial charge in [-0.2, -0.15) is 0 Å². The minimum Gasteiger partial charge on any atom is -0.512 e. The van der Waals surface area contributed by atoms with E-state index in [1.165, 1.54) is 42.0 Å². The fourth-order valence-electron chi connectivity index (χ4n) is 5.71. The molecule has 235 valence electrons. The molecule has 4 aromatic rings. The second kappa shape index (κ2) is 14.9. The second-order valence-corrected chi connectivity index (χ2v) is 14.3. The number of hydrogen-bond acceptors (Lipinski definition) is 5. The number of aliphatic hydroxyl groups is 1. The third-order valence-corrected chi connectivity index (χ3v) is 12.2. The van der Waals surface area contributed by atoms with Gasteiger partial charge in [-0.05, 0) is 59.4 Å². The molecule has 3 aromatic carbocycles. The second-order valence-electron chi connectivity index (χ2n) is 12.1. The standard InChI is InChI=1S/C23H13BNS2.C15H28O2.Ir/c1-3-10-19-16(7-1)24-17-8-2-4-11-20(17)27-23-15(18-9-5-6-14-25-18)12-13-21(26-19)22(23)24;1-7-14(5,8-2)12(16)11-13(17)15(6,9-3)10-4;/h1-11,13-14H;11,16H,7-10H2,1-6H3;/q-1;;/b;12-11-;. The Bertz CT molecular complexity index is 1670. The first kappa shape index (κ1) is 35.3. The van der Waals surface area contributed by atoms with Gasteiger partial charge in [0.25, 0.3) is 0 Å². The van der Waals surface area contributed by atoms with E-state index in [1.807, 2.05) is 83.4 Å². The molecule has 2 aliphatic heterocycles. The molecule has 0 aliphatic carbocycles. The number of allylic oxidation sites excluding steroid dienone is 2. The van der Waals surface area contributed by atoms with Crippen LogP contribution >= 0.6 is 23.5 Å². The quantitative estimate of drug-likeness (QED) is 0.0723. The van der Waals surface area contributed by atoms with Gasteiger partial charge in [-0.3, -0.25) is 4.79 Å². The topological polar surface area (TPSA) is 50.2 Å². The minimum atomic E-state index is -0.337.